The van der Waals surface area contributed by atoms with Crippen LogP contribution in [0.3, 0.4) is 0 Å². The highest BCUT2D eigenvalue weighted by Crippen LogP contribution is 2.38. The van der Waals surface area contributed by atoms with Crippen LogP contribution in [0.25, 0.3) is 0 Å². The molecule has 1 aromatic heterocycles. The highest BCUT2D eigenvalue weighted by molar-refractivity contribution is 6.35. The number of ether oxygens (including phenoxy) is 3. The maximum Gasteiger partial charge on any atom is 0.387 e. The summed E-state index contributed by atoms with van der Waals surface area (Å²) in [6.45, 7) is -2.62. The molecule has 4 rings (SSSR count). The molecule has 0 saturated heterocycles. The Balaban J connectivity index is 1.67. The minimum Gasteiger partial charge on any atom is -0.489 e. The molecule has 5 nitrogen and oxygen atoms in total. The lowest BCUT2D eigenvalue weighted by Gasteiger charge is -2.21. The number of halogens is 4. The minimum absolute atomic E-state index is 0.0903. The largest absolute Gasteiger partial charge is 0.489 e. The highest BCUT2D eigenvalue weighted by Gasteiger charge is 2.26. The third kappa shape index (κ3) is 6.36. The van der Waals surface area contributed by atoms with E-state index in [9.17, 15) is 13.6 Å². The fraction of sp³-hybridized carbons (Fsp3) is 0.280. The Morgan fingerprint density at radius 2 is 1.74 bits per heavy atom. The Kier molecular flexibility index (Phi) is 7.85. The van der Waals surface area contributed by atoms with Crippen LogP contribution in [0.1, 0.15) is 40.4 Å². The van der Waals surface area contributed by atoms with Crippen molar-refractivity contribution in [2.24, 2.45) is 5.92 Å². The van der Waals surface area contributed by atoms with Crippen LogP contribution in [0.2, 0.25) is 10.0 Å². The molecule has 3 aromatic rings. The van der Waals surface area contributed by atoms with Gasteiger partial charge in [0.15, 0.2) is 11.5 Å². The first-order valence-electron chi connectivity index (χ1n) is 10.7. The summed E-state index contributed by atoms with van der Waals surface area (Å²) in [6, 6.07) is 13.0. The van der Waals surface area contributed by atoms with Gasteiger partial charge in [-0.3, -0.25) is 4.98 Å². The summed E-state index contributed by atoms with van der Waals surface area (Å²) in [5, 5.41) is 0.632. The SMILES string of the molecule is O=C(OC(Cc1c(Cl)cncc1Cl)c1ccc(OC(F)F)c(OCC2CC2)c1)c1ccccc1. The van der Waals surface area contributed by atoms with E-state index in [0.29, 0.717) is 39.3 Å². The second-order valence-corrected chi connectivity index (χ2v) is 8.70. The van der Waals surface area contributed by atoms with Crippen LogP contribution in [-0.4, -0.2) is 24.2 Å². The average Bonchev–Trinajstić information content (AvgIpc) is 3.65. The summed E-state index contributed by atoms with van der Waals surface area (Å²) in [4.78, 5) is 16.8. The number of aromatic nitrogens is 1. The number of hydrogen-bond acceptors (Lipinski definition) is 5. The normalized spacial score (nSPS) is 14.0. The molecular formula is C25H21Cl2F2NO4. The summed E-state index contributed by atoms with van der Waals surface area (Å²) >= 11 is 12.6. The predicted molar refractivity (Wildman–Crippen MR) is 124 cm³/mol. The first-order chi connectivity index (χ1) is 16.4. The van der Waals surface area contributed by atoms with Gasteiger partial charge >= 0.3 is 12.6 Å². The van der Waals surface area contributed by atoms with Gasteiger partial charge in [0.1, 0.15) is 6.10 Å². The zero-order valence-electron chi connectivity index (χ0n) is 17.9. The number of carbonyl (C=O) groups excluding carboxylic acids is 1. The summed E-state index contributed by atoms with van der Waals surface area (Å²) in [5.74, 6) is -0.102. The number of rotatable bonds is 10. The quantitative estimate of drug-likeness (QED) is 0.278. The van der Waals surface area contributed by atoms with Crippen molar-refractivity contribution < 1.29 is 27.8 Å². The van der Waals surface area contributed by atoms with Crippen LogP contribution in [0.5, 0.6) is 11.5 Å². The van der Waals surface area contributed by atoms with Crippen molar-refractivity contribution >= 4 is 29.2 Å². The number of nitrogens with zero attached hydrogens (tertiary/aromatic N) is 1. The number of pyridine rings is 1. The maximum absolute atomic E-state index is 12.9. The average molecular weight is 508 g/mol. The Labute approximate surface area is 205 Å². The molecule has 1 heterocycles. The maximum atomic E-state index is 12.9. The van der Waals surface area contributed by atoms with Crippen molar-refractivity contribution in [1.29, 1.82) is 0 Å². The summed E-state index contributed by atoms with van der Waals surface area (Å²) in [5.41, 5.74) is 1.42. The van der Waals surface area contributed by atoms with Gasteiger partial charge in [0.25, 0.3) is 0 Å². The molecule has 9 heteroatoms. The molecule has 1 aliphatic rings. The van der Waals surface area contributed by atoms with E-state index in [2.05, 4.69) is 9.72 Å². The van der Waals surface area contributed by atoms with E-state index in [1.165, 1.54) is 18.5 Å². The molecule has 0 radical (unpaired) electrons. The number of benzene rings is 2. The summed E-state index contributed by atoms with van der Waals surface area (Å²) in [7, 11) is 0. The molecule has 1 aliphatic carbocycles. The first-order valence-corrected chi connectivity index (χ1v) is 11.4. The zero-order chi connectivity index (χ0) is 24.1. The van der Waals surface area contributed by atoms with Gasteiger partial charge in [0, 0.05) is 18.8 Å². The second kappa shape index (κ2) is 11.0. The minimum atomic E-state index is -3.00. The van der Waals surface area contributed by atoms with E-state index >= 15 is 0 Å². The molecule has 34 heavy (non-hydrogen) atoms. The van der Waals surface area contributed by atoms with Crippen LogP contribution >= 0.6 is 23.2 Å². The van der Waals surface area contributed by atoms with Gasteiger partial charge in [0.2, 0.25) is 0 Å². The van der Waals surface area contributed by atoms with Gasteiger partial charge in [0.05, 0.1) is 22.2 Å². The van der Waals surface area contributed by atoms with Gasteiger partial charge in [-0.15, -0.1) is 0 Å². The Morgan fingerprint density at radius 1 is 1.03 bits per heavy atom. The van der Waals surface area contributed by atoms with Crippen molar-refractivity contribution in [3.63, 3.8) is 0 Å². The molecule has 0 amide bonds. The smallest absolute Gasteiger partial charge is 0.387 e. The topological polar surface area (TPSA) is 57.7 Å². The van der Waals surface area contributed by atoms with E-state index in [-0.39, 0.29) is 17.9 Å². The van der Waals surface area contributed by atoms with Gasteiger partial charge in [-0.2, -0.15) is 8.78 Å². The second-order valence-electron chi connectivity index (χ2n) is 7.88. The lowest BCUT2D eigenvalue weighted by molar-refractivity contribution is -0.0515. The monoisotopic (exact) mass is 507 g/mol. The molecule has 0 aliphatic heterocycles. The fourth-order valence-electron chi connectivity index (χ4n) is 3.34. The van der Waals surface area contributed by atoms with E-state index < -0.39 is 18.7 Å². The van der Waals surface area contributed by atoms with Crippen molar-refractivity contribution in [1.82, 2.24) is 4.98 Å². The van der Waals surface area contributed by atoms with Gasteiger partial charge in [-0.25, -0.2) is 4.79 Å². The molecule has 1 atom stereocenters. The van der Waals surface area contributed by atoms with E-state index in [1.807, 2.05) is 0 Å². The number of alkyl halides is 2. The van der Waals surface area contributed by atoms with Crippen LogP contribution < -0.4 is 9.47 Å². The van der Waals surface area contributed by atoms with Crippen molar-refractivity contribution in [2.75, 3.05) is 6.61 Å². The van der Waals surface area contributed by atoms with Crippen molar-refractivity contribution in [3.05, 3.63) is 87.7 Å². The van der Waals surface area contributed by atoms with Crippen LogP contribution in [-0.2, 0) is 11.2 Å². The lowest BCUT2D eigenvalue weighted by atomic mass is 10.0. The molecule has 178 valence electrons. The Bertz CT molecular complexity index is 1120. The van der Waals surface area contributed by atoms with Crippen molar-refractivity contribution in [2.45, 2.75) is 32.0 Å². The highest BCUT2D eigenvalue weighted by atomic mass is 35.5. The molecule has 0 bridgehead atoms. The lowest BCUT2D eigenvalue weighted by Crippen LogP contribution is -2.15. The molecule has 0 spiro atoms. The third-order valence-electron chi connectivity index (χ3n) is 5.33. The van der Waals surface area contributed by atoms with Crippen LogP contribution in [0, 0.1) is 5.92 Å². The van der Waals surface area contributed by atoms with Gasteiger partial charge in [-0.1, -0.05) is 47.5 Å². The molecule has 1 saturated carbocycles. The Hall–Kier alpha value is -2.90. The molecule has 2 aromatic carbocycles. The fourth-order valence-corrected chi connectivity index (χ4v) is 3.86. The van der Waals surface area contributed by atoms with Gasteiger partial charge in [-0.05, 0) is 54.2 Å². The number of esters is 1. The molecule has 1 fully saturated rings. The van der Waals surface area contributed by atoms with Gasteiger partial charge < -0.3 is 14.2 Å². The molecule has 1 unspecified atom stereocenters. The molecule has 0 N–H and O–H groups in total. The first kappa shape index (κ1) is 24.2. The van der Waals surface area contributed by atoms with E-state index in [4.69, 9.17) is 32.7 Å². The predicted octanol–water partition coefficient (Wildman–Crippen LogP) is 6.92. The summed E-state index contributed by atoms with van der Waals surface area (Å²) < 4.78 is 42.1. The third-order valence-corrected chi connectivity index (χ3v) is 5.98. The van der Waals surface area contributed by atoms with Crippen LogP contribution in [0.15, 0.2) is 60.9 Å². The molecular weight excluding hydrogens is 487 g/mol. The van der Waals surface area contributed by atoms with E-state index in [1.54, 1.807) is 42.5 Å². The summed E-state index contributed by atoms with van der Waals surface area (Å²) in [6.07, 6.45) is 4.25. The van der Waals surface area contributed by atoms with Crippen molar-refractivity contribution in [3.8, 4) is 11.5 Å². The number of hydrogen-bond donors (Lipinski definition) is 0. The Morgan fingerprint density at radius 3 is 2.38 bits per heavy atom. The zero-order valence-corrected chi connectivity index (χ0v) is 19.4. The van der Waals surface area contributed by atoms with Crippen LogP contribution in [0.4, 0.5) is 8.78 Å². The standard InChI is InChI=1S/C25H21Cl2F2NO4/c26-19-12-30-13-20(27)18(19)11-22(33-24(31)16-4-2-1-3-5-16)17-8-9-21(34-25(28)29)23(10-17)32-14-15-6-7-15/h1-5,8-10,12-13,15,22,25H,6-7,11,14H2. The number of carbonyl (C=O) groups is 1. The van der Waals surface area contributed by atoms with E-state index in [0.717, 1.165) is 12.8 Å².